The number of rotatable bonds is 2. The van der Waals surface area contributed by atoms with Crippen molar-refractivity contribution in [1.82, 2.24) is 0 Å². The molecule has 1 fully saturated rings. The Kier molecular flexibility index (Phi) is 3.31. The molecule has 3 heteroatoms. The van der Waals surface area contributed by atoms with Crippen molar-refractivity contribution in [2.24, 2.45) is 5.92 Å². The standard InChI is InChI=1S/C10H18O3/c1-10(12)6-4-3-5-8(10)7-9(11)13-2/h8,12H,3-7H2,1-2H3/t8-,10+/m0/s1. The monoisotopic (exact) mass is 186 g/mol. The molecule has 2 atom stereocenters. The van der Waals surface area contributed by atoms with E-state index >= 15 is 0 Å². The average molecular weight is 186 g/mol. The van der Waals surface area contributed by atoms with Crippen LogP contribution in [-0.4, -0.2) is 23.8 Å². The predicted octanol–water partition coefficient (Wildman–Crippen LogP) is 1.49. The molecule has 1 aliphatic carbocycles. The molecule has 0 aromatic heterocycles. The van der Waals surface area contributed by atoms with E-state index < -0.39 is 5.60 Å². The Balaban J connectivity index is 2.51. The molecule has 1 saturated carbocycles. The number of hydrogen-bond acceptors (Lipinski definition) is 3. The van der Waals surface area contributed by atoms with E-state index in [1.54, 1.807) is 0 Å². The number of hydrogen-bond donors (Lipinski definition) is 1. The van der Waals surface area contributed by atoms with Crippen LogP contribution < -0.4 is 0 Å². The van der Waals surface area contributed by atoms with Crippen molar-refractivity contribution >= 4 is 5.97 Å². The van der Waals surface area contributed by atoms with Crippen molar-refractivity contribution in [3.05, 3.63) is 0 Å². The quantitative estimate of drug-likeness (QED) is 0.665. The summed E-state index contributed by atoms with van der Waals surface area (Å²) in [6.07, 6.45) is 4.25. The zero-order valence-corrected chi connectivity index (χ0v) is 8.38. The van der Waals surface area contributed by atoms with Gasteiger partial charge in [0, 0.05) is 0 Å². The summed E-state index contributed by atoms with van der Waals surface area (Å²) in [5, 5.41) is 9.97. The van der Waals surface area contributed by atoms with Gasteiger partial charge in [0.1, 0.15) is 0 Å². The highest BCUT2D eigenvalue weighted by molar-refractivity contribution is 5.69. The minimum atomic E-state index is -0.674. The highest BCUT2D eigenvalue weighted by Crippen LogP contribution is 2.35. The first-order valence-corrected chi connectivity index (χ1v) is 4.85. The lowest BCUT2D eigenvalue weighted by atomic mass is 9.75. The minimum Gasteiger partial charge on any atom is -0.469 e. The third-order valence-corrected chi connectivity index (χ3v) is 3.01. The number of ether oxygens (including phenoxy) is 1. The van der Waals surface area contributed by atoms with Crippen LogP contribution in [0.5, 0.6) is 0 Å². The molecule has 13 heavy (non-hydrogen) atoms. The van der Waals surface area contributed by atoms with Gasteiger partial charge in [-0.1, -0.05) is 12.8 Å². The van der Waals surface area contributed by atoms with E-state index in [9.17, 15) is 9.90 Å². The molecule has 76 valence electrons. The third kappa shape index (κ3) is 2.69. The molecule has 0 aliphatic heterocycles. The van der Waals surface area contributed by atoms with E-state index in [2.05, 4.69) is 4.74 Å². The summed E-state index contributed by atoms with van der Waals surface area (Å²) in [4.78, 5) is 11.0. The Morgan fingerprint density at radius 1 is 1.62 bits per heavy atom. The summed E-state index contributed by atoms with van der Waals surface area (Å²) in [5.74, 6) is -0.138. The number of carbonyl (C=O) groups is 1. The lowest BCUT2D eigenvalue weighted by Gasteiger charge is -2.36. The minimum absolute atomic E-state index is 0.0775. The van der Waals surface area contributed by atoms with Crippen LogP contribution in [0.4, 0.5) is 0 Å². The summed E-state index contributed by atoms with van der Waals surface area (Å²) < 4.78 is 4.60. The van der Waals surface area contributed by atoms with Crippen molar-refractivity contribution in [3.63, 3.8) is 0 Å². The molecule has 1 N–H and O–H groups in total. The molecule has 1 rings (SSSR count). The maximum absolute atomic E-state index is 11.0. The van der Waals surface area contributed by atoms with E-state index in [0.717, 1.165) is 25.7 Å². The van der Waals surface area contributed by atoms with Crippen LogP contribution in [0.2, 0.25) is 0 Å². The third-order valence-electron chi connectivity index (χ3n) is 3.01. The molecular formula is C10H18O3. The molecule has 0 saturated heterocycles. The van der Waals surface area contributed by atoms with Crippen molar-refractivity contribution < 1.29 is 14.6 Å². The Hall–Kier alpha value is -0.570. The SMILES string of the molecule is COC(=O)C[C@@H]1CCCC[C@@]1(C)O. The summed E-state index contributed by atoms with van der Waals surface area (Å²) in [5.41, 5.74) is -0.674. The molecule has 0 heterocycles. The lowest BCUT2D eigenvalue weighted by Crippen LogP contribution is -2.38. The van der Waals surface area contributed by atoms with Gasteiger partial charge in [-0.2, -0.15) is 0 Å². The van der Waals surface area contributed by atoms with Crippen LogP contribution in [0.1, 0.15) is 39.0 Å². The molecule has 0 radical (unpaired) electrons. The molecule has 3 nitrogen and oxygen atoms in total. The fourth-order valence-electron chi connectivity index (χ4n) is 2.00. The smallest absolute Gasteiger partial charge is 0.305 e. The second kappa shape index (κ2) is 4.09. The van der Waals surface area contributed by atoms with Gasteiger partial charge in [-0.3, -0.25) is 4.79 Å². The Labute approximate surface area is 79.1 Å². The first-order chi connectivity index (χ1) is 6.06. The first kappa shape index (κ1) is 10.5. The Bertz CT molecular complexity index is 187. The summed E-state index contributed by atoms with van der Waals surface area (Å²) in [7, 11) is 1.39. The molecule has 0 spiro atoms. The molecular weight excluding hydrogens is 168 g/mol. The highest BCUT2D eigenvalue weighted by Gasteiger charge is 2.35. The van der Waals surface area contributed by atoms with Gasteiger partial charge in [-0.25, -0.2) is 0 Å². The van der Waals surface area contributed by atoms with E-state index in [4.69, 9.17) is 0 Å². The van der Waals surface area contributed by atoms with Crippen LogP contribution in [-0.2, 0) is 9.53 Å². The fourth-order valence-corrected chi connectivity index (χ4v) is 2.00. The van der Waals surface area contributed by atoms with Crippen LogP contribution in [0, 0.1) is 5.92 Å². The van der Waals surface area contributed by atoms with Crippen LogP contribution in [0.25, 0.3) is 0 Å². The van der Waals surface area contributed by atoms with Gasteiger partial charge < -0.3 is 9.84 Å². The highest BCUT2D eigenvalue weighted by atomic mass is 16.5. The van der Waals surface area contributed by atoms with Gasteiger partial charge in [0.25, 0.3) is 0 Å². The molecule has 1 aliphatic rings. The van der Waals surface area contributed by atoms with Gasteiger partial charge in [-0.05, 0) is 25.7 Å². The second-order valence-electron chi connectivity index (χ2n) is 4.08. The first-order valence-electron chi connectivity index (χ1n) is 4.85. The van der Waals surface area contributed by atoms with Crippen LogP contribution >= 0.6 is 0 Å². The number of esters is 1. The van der Waals surface area contributed by atoms with Crippen LogP contribution in [0.15, 0.2) is 0 Å². The van der Waals surface area contributed by atoms with Gasteiger partial charge in [0.2, 0.25) is 0 Å². The van der Waals surface area contributed by atoms with E-state index in [1.807, 2.05) is 6.92 Å². The topological polar surface area (TPSA) is 46.5 Å². The van der Waals surface area contributed by atoms with E-state index in [0.29, 0.717) is 6.42 Å². The van der Waals surface area contributed by atoms with Crippen LogP contribution in [0.3, 0.4) is 0 Å². The van der Waals surface area contributed by atoms with Gasteiger partial charge in [0.05, 0.1) is 19.1 Å². The Morgan fingerprint density at radius 2 is 2.31 bits per heavy atom. The lowest BCUT2D eigenvalue weighted by molar-refractivity contribution is -0.145. The number of aliphatic hydroxyl groups is 1. The summed E-state index contributed by atoms with van der Waals surface area (Å²) in [6.45, 7) is 1.82. The normalized spacial score (nSPS) is 34.2. The van der Waals surface area contributed by atoms with Crippen molar-refractivity contribution in [3.8, 4) is 0 Å². The van der Waals surface area contributed by atoms with Gasteiger partial charge in [0.15, 0.2) is 0 Å². The molecule has 0 unspecified atom stereocenters. The fraction of sp³-hybridized carbons (Fsp3) is 0.900. The zero-order chi connectivity index (χ0) is 9.90. The Morgan fingerprint density at radius 3 is 2.85 bits per heavy atom. The predicted molar refractivity (Wildman–Crippen MR) is 49.2 cm³/mol. The maximum Gasteiger partial charge on any atom is 0.305 e. The van der Waals surface area contributed by atoms with E-state index in [1.165, 1.54) is 7.11 Å². The maximum atomic E-state index is 11.0. The van der Waals surface area contributed by atoms with E-state index in [-0.39, 0.29) is 11.9 Å². The number of methoxy groups -OCH3 is 1. The summed E-state index contributed by atoms with van der Waals surface area (Å²) >= 11 is 0. The number of carbonyl (C=O) groups excluding carboxylic acids is 1. The molecule has 0 aromatic carbocycles. The van der Waals surface area contributed by atoms with Gasteiger partial charge >= 0.3 is 5.97 Å². The second-order valence-corrected chi connectivity index (χ2v) is 4.08. The zero-order valence-electron chi connectivity index (χ0n) is 8.38. The summed E-state index contributed by atoms with van der Waals surface area (Å²) in [6, 6.07) is 0. The van der Waals surface area contributed by atoms with Crippen molar-refractivity contribution in [2.45, 2.75) is 44.6 Å². The van der Waals surface area contributed by atoms with Gasteiger partial charge in [-0.15, -0.1) is 0 Å². The molecule has 0 amide bonds. The molecule has 0 bridgehead atoms. The van der Waals surface area contributed by atoms with Crippen molar-refractivity contribution in [2.75, 3.05) is 7.11 Å². The average Bonchev–Trinajstić information content (AvgIpc) is 2.08. The molecule has 0 aromatic rings. The van der Waals surface area contributed by atoms with Crippen molar-refractivity contribution in [1.29, 1.82) is 0 Å². The largest absolute Gasteiger partial charge is 0.469 e.